The van der Waals surface area contributed by atoms with Crippen LogP contribution in [0.25, 0.3) is 0 Å². The van der Waals surface area contributed by atoms with Gasteiger partial charge in [0.2, 0.25) is 11.8 Å². The van der Waals surface area contributed by atoms with Crippen molar-refractivity contribution >= 4 is 17.8 Å². The first-order valence-corrected chi connectivity index (χ1v) is 6.68. The number of imide groups is 2. The third kappa shape index (κ3) is 1.91. The number of nitrogens with zero attached hydrogens (tertiary/aromatic N) is 1. The number of urea groups is 1. The van der Waals surface area contributed by atoms with Crippen molar-refractivity contribution in [1.29, 1.82) is 0 Å². The molecule has 1 heterocycles. The van der Waals surface area contributed by atoms with Crippen molar-refractivity contribution in [3.63, 3.8) is 0 Å². The second kappa shape index (κ2) is 4.71. The zero-order valence-corrected chi connectivity index (χ0v) is 11.0. The summed E-state index contributed by atoms with van der Waals surface area (Å²) in [6.07, 6.45) is 4.98. The highest BCUT2D eigenvalue weighted by atomic mass is 16.2. The van der Waals surface area contributed by atoms with Gasteiger partial charge in [0.25, 0.3) is 0 Å². The number of amides is 4. The van der Waals surface area contributed by atoms with Gasteiger partial charge in [0.1, 0.15) is 5.41 Å². The van der Waals surface area contributed by atoms with Gasteiger partial charge in [-0.15, -0.1) is 0 Å². The Labute approximate surface area is 107 Å². The highest BCUT2D eigenvalue weighted by Gasteiger charge is 2.53. The third-order valence-corrected chi connectivity index (χ3v) is 3.98. The molecular weight excluding hydrogens is 232 g/mol. The number of carbonyl (C=O) groups is 3. The molecule has 0 aromatic heterocycles. The van der Waals surface area contributed by atoms with E-state index in [0.29, 0.717) is 12.8 Å². The lowest BCUT2D eigenvalue weighted by atomic mass is 9.76. The van der Waals surface area contributed by atoms with Crippen LogP contribution in [0.2, 0.25) is 0 Å². The molecule has 4 amide bonds. The molecule has 100 valence electrons. The lowest BCUT2D eigenvalue weighted by Gasteiger charge is -2.40. The number of barbiturate groups is 1. The molecule has 0 radical (unpaired) electrons. The van der Waals surface area contributed by atoms with Gasteiger partial charge in [0.05, 0.1) is 0 Å². The van der Waals surface area contributed by atoms with E-state index in [4.69, 9.17) is 0 Å². The van der Waals surface area contributed by atoms with Crippen LogP contribution in [-0.4, -0.2) is 28.8 Å². The molecule has 0 aromatic carbocycles. The Morgan fingerprint density at radius 1 is 1.06 bits per heavy atom. The first-order valence-electron chi connectivity index (χ1n) is 6.68. The summed E-state index contributed by atoms with van der Waals surface area (Å²) < 4.78 is 0. The molecule has 1 saturated heterocycles. The molecule has 1 saturated carbocycles. The Bertz CT molecular complexity index is 382. The molecule has 2 rings (SSSR count). The molecule has 0 bridgehead atoms. The standard InChI is InChI=1S/C13H20N2O3/c1-9(2)15-11(17)13(10(16)14-12(15)18)7-5-3-4-6-8-13/h9H,3-8H2,1-2H3,(H,14,16,18). The van der Waals surface area contributed by atoms with E-state index in [9.17, 15) is 14.4 Å². The molecule has 2 aliphatic rings. The highest BCUT2D eigenvalue weighted by Crippen LogP contribution is 2.39. The smallest absolute Gasteiger partial charge is 0.277 e. The van der Waals surface area contributed by atoms with E-state index in [2.05, 4.69) is 5.32 Å². The van der Waals surface area contributed by atoms with Gasteiger partial charge < -0.3 is 0 Å². The van der Waals surface area contributed by atoms with Crippen molar-refractivity contribution in [2.75, 3.05) is 0 Å². The average Bonchev–Trinajstić information content (AvgIpc) is 2.52. The van der Waals surface area contributed by atoms with Crippen LogP contribution in [0.3, 0.4) is 0 Å². The summed E-state index contributed by atoms with van der Waals surface area (Å²) in [6.45, 7) is 3.58. The van der Waals surface area contributed by atoms with Gasteiger partial charge in [0, 0.05) is 6.04 Å². The minimum Gasteiger partial charge on any atom is -0.277 e. The SMILES string of the molecule is CC(C)N1C(=O)NC(=O)C2(CCCCCC2)C1=O. The molecule has 1 spiro atoms. The minimum absolute atomic E-state index is 0.217. The van der Waals surface area contributed by atoms with Gasteiger partial charge in [0.15, 0.2) is 0 Å². The number of hydrogen-bond acceptors (Lipinski definition) is 3. The van der Waals surface area contributed by atoms with Crippen molar-refractivity contribution in [1.82, 2.24) is 10.2 Å². The summed E-state index contributed by atoms with van der Waals surface area (Å²) in [5.41, 5.74) is -0.991. The minimum atomic E-state index is -0.991. The molecule has 2 fully saturated rings. The number of rotatable bonds is 1. The van der Waals surface area contributed by atoms with Crippen LogP contribution in [0.15, 0.2) is 0 Å². The highest BCUT2D eigenvalue weighted by molar-refractivity contribution is 6.19. The number of carbonyl (C=O) groups excluding carboxylic acids is 3. The first kappa shape index (κ1) is 13.1. The van der Waals surface area contributed by atoms with Gasteiger partial charge in [-0.3, -0.25) is 19.8 Å². The van der Waals surface area contributed by atoms with Crippen molar-refractivity contribution in [2.45, 2.75) is 58.4 Å². The maximum absolute atomic E-state index is 12.6. The van der Waals surface area contributed by atoms with E-state index >= 15 is 0 Å². The fourth-order valence-electron chi connectivity index (χ4n) is 2.94. The monoisotopic (exact) mass is 252 g/mol. The average molecular weight is 252 g/mol. The quantitative estimate of drug-likeness (QED) is 0.724. The third-order valence-electron chi connectivity index (χ3n) is 3.98. The van der Waals surface area contributed by atoms with Crippen molar-refractivity contribution in [3.8, 4) is 0 Å². The predicted molar refractivity (Wildman–Crippen MR) is 65.7 cm³/mol. The predicted octanol–water partition coefficient (Wildman–Crippen LogP) is 1.81. The zero-order valence-electron chi connectivity index (χ0n) is 11.0. The van der Waals surface area contributed by atoms with E-state index in [1.165, 1.54) is 4.90 Å². The Balaban J connectivity index is 2.35. The van der Waals surface area contributed by atoms with Crippen LogP contribution >= 0.6 is 0 Å². The van der Waals surface area contributed by atoms with Crippen molar-refractivity contribution in [3.05, 3.63) is 0 Å². The van der Waals surface area contributed by atoms with E-state index in [-0.39, 0.29) is 11.9 Å². The van der Waals surface area contributed by atoms with Crippen LogP contribution in [0.1, 0.15) is 52.4 Å². The summed E-state index contributed by atoms with van der Waals surface area (Å²) in [7, 11) is 0. The Morgan fingerprint density at radius 3 is 2.11 bits per heavy atom. The fraction of sp³-hybridized carbons (Fsp3) is 0.769. The molecule has 5 nitrogen and oxygen atoms in total. The molecule has 1 aliphatic heterocycles. The maximum atomic E-state index is 12.6. The zero-order chi connectivity index (χ0) is 13.3. The van der Waals surface area contributed by atoms with Gasteiger partial charge >= 0.3 is 6.03 Å². The van der Waals surface area contributed by atoms with Crippen LogP contribution in [0, 0.1) is 5.41 Å². The van der Waals surface area contributed by atoms with Crippen LogP contribution < -0.4 is 5.32 Å². The van der Waals surface area contributed by atoms with E-state index in [1.54, 1.807) is 13.8 Å². The van der Waals surface area contributed by atoms with Gasteiger partial charge in [-0.2, -0.15) is 0 Å². The van der Waals surface area contributed by atoms with Crippen LogP contribution in [-0.2, 0) is 9.59 Å². The molecule has 0 unspecified atom stereocenters. The summed E-state index contributed by atoms with van der Waals surface area (Å²) in [6, 6.07) is -0.791. The molecule has 0 aromatic rings. The summed E-state index contributed by atoms with van der Waals surface area (Å²) >= 11 is 0. The molecule has 1 N–H and O–H groups in total. The molecular formula is C13H20N2O3. The summed E-state index contributed by atoms with van der Waals surface area (Å²) in [5, 5.41) is 2.36. The van der Waals surface area contributed by atoms with Gasteiger partial charge in [-0.25, -0.2) is 4.79 Å². The maximum Gasteiger partial charge on any atom is 0.331 e. The lowest BCUT2D eigenvalue weighted by molar-refractivity contribution is -0.153. The Morgan fingerprint density at radius 2 is 1.61 bits per heavy atom. The second-order valence-corrected chi connectivity index (χ2v) is 5.52. The Kier molecular flexibility index (Phi) is 3.41. The van der Waals surface area contributed by atoms with Crippen LogP contribution in [0.4, 0.5) is 4.79 Å². The van der Waals surface area contributed by atoms with E-state index in [0.717, 1.165) is 25.7 Å². The summed E-state index contributed by atoms with van der Waals surface area (Å²) in [5.74, 6) is -0.690. The lowest BCUT2D eigenvalue weighted by Crippen LogP contribution is -2.65. The topological polar surface area (TPSA) is 66.5 Å². The molecule has 18 heavy (non-hydrogen) atoms. The molecule has 5 heteroatoms. The van der Waals surface area contributed by atoms with Gasteiger partial charge in [-0.1, -0.05) is 25.7 Å². The Hall–Kier alpha value is -1.39. The van der Waals surface area contributed by atoms with Crippen molar-refractivity contribution in [2.24, 2.45) is 5.41 Å². The van der Waals surface area contributed by atoms with Crippen molar-refractivity contribution < 1.29 is 14.4 Å². The fourth-order valence-corrected chi connectivity index (χ4v) is 2.94. The molecule has 0 atom stereocenters. The van der Waals surface area contributed by atoms with Crippen LogP contribution in [0.5, 0.6) is 0 Å². The van der Waals surface area contributed by atoms with Gasteiger partial charge in [-0.05, 0) is 26.7 Å². The summed E-state index contributed by atoms with van der Waals surface area (Å²) in [4.78, 5) is 37.6. The normalized spacial score (nSPS) is 24.4. The second-order valence-electron chi connectivity index (χ2n) is 5.52. The first-order chi connectivity index (χ1) is 8.49. The van der Waals surface area contributed by atoms with E-state index in [1.807, 2.05) is 0 Å². The number of hydrogen-bond donors (Lipinski definition) is 1. The largest absolute Gasteiger partial charge is 0.331 e. The number of nitrogens with one attached hydrogen (secondary N) is 1. The van der Waals surface area contributed by atoms with E-state index < -0.39 is 17.4 Å². The molecule has 1 aliphatic carbocycles.